The van der Waals surface area contributed by atoms with Gasteiger partial charge in [-0.2, -0.15) is 4.31 Å². The first-order valence-electron chi connectivity index (χ1n) is 6.76. The molecule has 1 saturated heterocycles. The minimum absolute atomic E-state index is 0.164. The second-order valence-corrected chi connectivity index (χ2v) is 8.45. The van der Waals surface area contributed by atoms with Crippen LogP contribution in [-0.2, 0) is 14.8 Å². The topological polar surface area (TPSA) is 72.6 Å². The van der Waals surface area contributed by atoms with Crippen LogP contribution in [0.1, 0.15) is 26.3 Å². The first kappa shape index (κ1) is 16.5. The monoisotopic (exact) mass is 332 g/mol. The van der Waals surface area contributed by atoms with Gasteiger partial charge in [-0.3, -0.25) is 0 Å². The van der Waals surface area contributed by atoms with Crippen molar-refractivity contribution in [2.45, 2.75) is 44.3 Å². The van der Waals surface area contributed by atoms with Gasteiger partial charge in [0.2, 0.25) is 10.0 Å². The fourth-order valence-electron chi connectivity index (χ4n) is 2.66. The van der Waals surface area contributed by atoms with E-state index in [2.05, 4.69) is 0 Å². The lowest BCUT2D eigenvalue weighted by Crippen LogP contribution is -2.53. The molecule has 0 amide bonds. The number of hydrogen-bond donors (Lipinski definition) is 1. The fourth-order valence-corrected chi connectivity index (χ4v) is 4.90. The summed E-state index contributed by atoms with van der Waals surface area (Å²) in [6.45, 7) is 7.92. The quantitative estimate of drug-likeness (QED) is 0.844. The maximum atomic E-state index is 12.9. The molecule has 0 aromatic heterocycles. The third kappa shape index (κ3) is 3.34. The molecule has 5 nitrogen and oxygen atoms in total. The zero-order chi connectivity index (χ0) is 16.0. The molecule has 1 aromatic rings. The van der Waals surface area contributed by atoms with Crippen LogP contribution in [0.2, 0.25) is 5.02 Å². The molecule has 0 aliphatic carbocycles. The third-order valence-electron chi connectivity index (χ3n) is 3.52. The van der Waals surface area contributed by atoms with Gasteiger partial charge in [-0.15, -0.1) is 0 Å². The maximum Gasteiger partial charge on any atom is 0.243 e. The van der Waals surface area contributed by atoms with Crippen LogP contribution in [0, 0.1) is 6.92 Å². The highest BCUT2D eigenvalue weighted by molar-refractivity contribution is 7.89. The lowest BCUT2D eigenvalue weighted by molar-refractivity contribution is -0.109. The van der Waals surface area contributed by atoms with Crippen molar-refractivity contribution in [3.8, 4) is 0 Å². The molecule has 118 valence electrons. The number of anilines is 1. The van der Waals surface area contributed by atoms with Gasteiger partial charge < -0.3 is 10.5 Å². The van der Waals surface area contributed by atoms with Crippen molar-refractivity contribution in [2.75, 3.05) is 18.8 Å². The van der Waals surface area contributed by atoms with E-state index in [-0.39, 0.29) is 11.0 Å². The van der Waals surface area contributed by atoms with Crippen molar-refractivity contribution in [3.05, 3.63) is 22.7 Å². The molecule has 0 radical (unpaired) electrons. The zero-order valence-corrected chi connectivity index (χ0v) is 14.3. The summed E-state index contributed by atoms with van der Waals surface area (Å²) >= 11 is 5.96. The number of rotatable bonds is 2. The molecule has 1 atom stereocenters. The minimum Gasteiger partial charge on any atom is -0.398 e. The van der Waals surface area contributed by atoms with Gasteiger partial charge >= 0.3 is 0 Å². The van der Waals surface area contributed by atoms with Gasteiger partial charge in [0.15, 0.2) is 0 Å². The van der Waals surface area contributed by atoms with E-state index < -0.39 is 15.6 Å². The molecule has 2 N–H and O–H groups in total. The summed E-state index contributed by atoms with van der Waals surface area (Å²) in [5.41, 5.74) is 6.21. The smallest absolute Gasteiger partial charge is 0.243 e. The average Bonchev–Trinajstić information content (AvgIpc) is 2.31. The second kappa shape index (κ2) is 5.43. The Morgan fingerprint density at radius 3 is 2.62 bits per heavy atom. The average molecular weight is 333 g/mol. The van der Waals surface area contributed by atoms with Crippen molar-refractivity contribution in [1.82, 2.24) is 4.31 Å². The van der Waals surface area contributed by atoms with Crippen LogP contribution in [0.15, 0.2) is 17.0 Å². The van der Waals surface area contributed by atoms with Gasteiger partial charge in [-0.25, -0.2) is 8.42 Å². The lowest BCUT2D eigenvalue weighted by atomic mass is 10.1. The Morgan fingerprint density at radius 2 is 2.05 bits per heavy atom. The predicted molar refractivity (Wildman–Crippen MR) is 84.0 cm³/mol. The minimum atomic E-state index is -3.65. The zero-order valence-electron chi connectivity index (χ0n) is 12.7. The number of ether oxygens (including phenoxy) is 1. The van der Waals surface area contributed by atoms with Crippen molar-refractivity contribution < 1.29 is 13.2 Å². The second-order valence-electron chi connectivity index (χ2n) is 6.10. The molecule has 21 heavy (non-hydrogen) atoms. The summed E-state index contributed by atoms with van der Waals surface area (Å²) in [6.07, 6.45) is -0.166. The number of halogens is 1. The Hall–Kier alpha value is -0.820. The number of nitrogens with zero attached hydrogens (tertiary/aromatic N) is 1. The molecule has 1 heterocycles. The number of sulfonamides is 1. The van der Waals surface area contributed by atoms with Crippen molar-refractivity contribution in [3.63, 3.8) is 0 Å². The first-order valence-corrected chi connectivity index (χ1v) is 8.58. The molecule has 1 aliphatic heterocycles. The molecule has 1 aromatic carbocycles. The summed E-state index contributed by atoms with van der Waals surface area (Å²) in [7, 11) is -3.65. The van der Waals surface area contributed by atoms with E-state index in [0.717, 1.165) is 0 Å². The molecule has 1 unspecified atom stereocenters. The summed E-state index contributed by atoms with van der Waals surface area (Å²) < 4.78 is 33.0. The van der Waals surface area contributed by atoms with E-state index in [1.807, 2.05) is 20.8 Å². The molecule has 7 heteroatoms. The number of benzene rings is 1. The normalized spacial score (nSPS) is 23.2. The summed E-state index contributed by atoms with van der Waals surface area (Å²) in [5.74, 6) is 0. The number of hydrogen-bond acceptors (Lipinski definition) is 4. The van der Waals surface area contributed by atoms with Gasteiger partial charge in [0, 0.05) is 23.8 Å². The van der Waals surface area contributed by atoms with E-state index in [0.29, 0.717) is 29.4 Å². The van der Waals surface area contributed by atoms with Gasteiger partial charge in [0.05, 0.1) is 16.6 Å². The lowest BCUT2D eigenvalue weighted by Gasteiger charge is -2.41. The van der Waals surface area contributed by atoms with Crippen LogP contribution in [-0.4, -0.2) is 37.5 Å². The Labute approximate surface area is 131 Å². The van der Waals surface area contributed by atoms with Crippen LogP contribution in [0.25, 0.3) is 0 Å². The van der Waals surface area contributed by atoms with E-state index in [4.69, 9.17) is 22.1 Å². The van der Waals surface area contributed by atoms with Gasteiger partial charge in [0.25, 0.3) is 0 Å². The molecular weight excluding hydrogens is 312 g/mol. The van der Waals surface area contributed by atoms with Gasteiger partial charge in [-0.1, -0.05) is 11.6 Å². The van der Waals surface area contributed by atoms with Gasteiger partial charge in [0.1, 0.15) is 0 Å². The van der Waals surface area contributed by atoms with Crippen LogP contribution in [0.4, 0.5) is 5.69 Å². The molecule has 0 spiro atoms. The number of nitrogen functional groups attached to an aromatic ring is 1. The molecule has 0 saturated carbocycles. The molecule has 1 fully saturated rings. The molecular formula is C14H21ClN2O3S. The van der Waals surface area contributed by atoms with Crippen LogP contribution in [0.3, 0.4) is 0 Å². The standard InChI is InChI=1S/C14H21ClN2O3S/c1-9-7-17(8-14(3,4)20-9)21(18,19)13-6-11(15)5-12(16)10(13)2/h5-6,9H,7-8,16H2,1-4H3. The highest BCUT2D eigenvalue weighted by Gasteiger charge is 2.38. The van der Waals surface area contributed by atoms with Crippen LogP contribution < -0.4 is 5.73 Å². The largest absolute Gasteiger partial charge is 0.398 e. The summed E-state index contributed by atoms with van der Waals surface area (Å²) in [6, 6.07) is 3.01. The van der Waals surface area contributed by atoms with Crippen molar-refractivity contribution in [2.24, 2.45) is 0 Å². The summed E-state index contributed by atoms with van der Waals surface area (Å²) in [5, 5.41) is 0.317. The number of nitrogens with two attached hydrogens (primary N) is 1. The molecule has 1 aliphatic rings. The Morgan fingerprint density at radius 1 is 1.43 bits per heavy atom. The van der Waals surface area contributed by atoms with E-state index in [1.165, 1.54) is 10.4 Å². The SMILES string of the molecule is Cc1c(N)cc(Cl)cc1S(=O)(=O)N1CC(C)OC(C)(C)C1. The Kier molecular flexibility index (Phi) is 4.28. The Bertz CT molecular complexity index is 658. The first-order chi connectivity index (χ1) is 9.53. The third-order valence-corrected chi connectivity index (χ3v) is 5.68. The van der Waals surface area contributed by atoms with E-state index >= 15 is 0 Å². The summed E-state index contributed by atoms with van der Waals surface area (Å²) in [4.78, 5) is 0.164. The number of morpholine rings is 1. The van der Waals surface area contributed by atoms with E-state index in [1.54, 1.807) is 13.0 Å². The highest BCUT2D eigenvalue weighted by Crippen LogP contribution is 2.31. The fraction of sp³-hybridized carbons (Fsp3) is 0.571. The van der Waals surface area contributed by atoms with E-state index in [9.17, 15) is 8.42 Å². The van der Waals surface area contributed by atoms with Gasteiger partial charge in [-0.05, 0) is 45.4 Å². The van der Waals surface area contributed by atoms with Crippen LogP contribution >= 0.6 is 11.6 Å². The maximum absolute atomic E-state index is 12.9. The van der Waals surface area contributed by atoms with Crippen molar-refractivity contribution in [1.29, 1.82) is 0 Å². The molecule has 2 rings (SSSR count). The predicted octanol–water partition coefficient (Wildman–Crippen LogP) is 2.42. The van der Waals surface area contributed by atoms with Crippen molar-refractivity contribution >= 4 is 27.3 Å². The molecule has 0 bridgehead atoms. The highest BCUT2D eigenvalue weighted by atomic mass is 35.5. The van der Waals surface area contributed by atoms with Crippen LogP contribution in [0.5, 0.6) is 0 Å². The Balaban J connectivity index is 2.48.